The molecule has 134 valence electrons. The fourth-order valence-corrected chi connectivity index (χ4v) is 2.75. The topological polar surface area (TPSA) is 120 Å². The molecule has 4 aromatic rings. The maximum atomic E-state index is 11.8. The Balaban J connectivity index is 1.82. The van der Waals surface area contributed by atoms with Crippen LogP contribution in [0.4, 0.5) is 17.2 Å². The van der Waals surface area contributed by atoms with Gasteiger partial charge in [-0.1, -0.05) is 0 Å². The summed E-state index contributed by atoms with van der Waals surface area (Å²) < 4.78 is 10.5. The second-order valence-corrected chi connectivity index (χ2v) is 5.64. The van der Waals surface area contributed by atoms with Gasteiger partial charge in [0.1, 0.15) is 17.7 Å². The normalized spacial score (nSPS) is 10.9. The molecule has 0 amide bonds. The van der Waals surface area contributed by atoms with Crippen molar-refractivity contribution in [3.8, 4) is 0 Å². The van der Waals surface area contributed by atoms with Crippen LogP contribution in [0.25, 0.3) is 22.1 Å². The number of benzene rings is 2. The van der Waals surface area contributed by atoms with Gasteiger partial charge in [0.15, 0.2) is 0 Å². The van der Waals surface area contributed by atoms with E-state index in [9.17, 15) is 14.9 Å². The number of hydrogen-bond donors (Lipinski definition) is 1. The molecule has 0 saturated carbocycles. The molecule has 27 heavy (non-hydrogen) atoms. The lowest BCUT2D eigenvalue weighted by atomic mass is 10.1. The highest BCUT2D eigenvalue weighted by molar-refractivity contribution is 6.11. The summed E-state index contributed by atoms with van der Waals surface area (Å²) in [4.78, 5) is 30.5. The van der Waals surface area contributed by atoms with Crippen LogP contribution in [0.5, 0.6) is 0 Å². The smallest absolute Gasteiger partial charge is 0.337 e. The molecule has 4 rings (SSSR count). The third-order valence-electron chi connectivity index (χ3n) is 4.03. The Morgan fingerprint density at radius 2 is 1.96 bits per heavy atom. The van der Waals surface area contributed by atoms with Gasteiger partial charge in [-0.3, -0.25) is 10.1 Å². The third kappa shape index (κ3) is 2.91. The number of methoxy groups -OCH3 is 1. The van der Waals surface area contributed by atoms with Gasteiger partial charge >= 0.3 is 5.97 Å². The van der Waals surface area contributed by atoms with Crippen molar-refractivity contribution >= 4 is 45.2 Å². The van der Waals surface area contributed by atoms with E-state index in [1.807, 2.05) is 0 Å². The molecule has 9 nitrogen and oxygen atoms in total. The number of nitrogens with zero attached hydrogens (tertiary/aromatic N) is 3. The summed E-state index contributed by atoms with van der Waals surface area (Å²) in [6.45, 7) is 0. The summed E-state index contributed by atoms with van der Waals surface area (Å²) in [5.74, 6) is -0.0115. The van der Waals surface area contributed by atoms with Crippen molar-refractivity contribution in [3.05, 3.63) is 64.5 Å². The number of nitro groups is 1. The van der Waals surface area contributed by atoms with Crippen LogP contribution in [0, 0.1) is 10.1 Å². The van der Waals surface area contributed by atoms with Crippen molar-refractivity contribution in [1.82, 2.24) is 9.97 Å². The maximum absolute atomic E-state index is 11.8. The molecule has 0 bridgehead atoms. The first-order valence-electron chi connectivity index (χ1n) is 7.84. The average Bonchev–Trinajstić information content (AvgIpc) is 3.06. The average molecular weight is 364 g/mol. The Morgan fingerprint density at radius 1 is 1.19 bits per heavy atom. The van der Waals surface area contributed by atoms with E-state index in [4.69, 9.17) is 9.15 Å². The molecule has 0 fully saturated rings. The Bertz CT molecular complexity index is 1180. The van der Waals surface area contributed by atoms with Gasteiger partial charge in [-0.2, -0.15) is 0 Å². The SMILES string of the molecule is COC(=O)c1ccc2oc3ncnc(Nc4ccc([N+](=O)[O-])cc4)c3c2c1. The van der Waals surface area contributed by atoms with Crippen LogP contribution in [0.1, 0.15) is 10.4 Å². The Morgan fingerprint density at radius 3 is 2.67 bits per heavy atom. The minimum absolute atomic E-state index is 0.00938. The second kappa shape index (κ2) is 6.37. The molecular weight excluding hydrogens is 352 g/mol. The summed E-state index contributed by atoms with van der Waals surface area (Å²) in [7, 11) is 1.31. The molecule has 0 aliphatic rings. The number of carbonyl (C=O) groups excluding carboxylic acids is 1. The Kier molecular flexibility index (Phi) is 3.88. The fraction of sp³-hybridized carbons (Fsp3) is 0.0556. The summed E-state index contributed by atoms with van der Waals surface area (Å²) in [5, 5.41) is 15.1. The molecule has 2 aromatic carbocycles. The maximum Gasteiger partial charge on any atom is 0.337 e. The number of carbonyl (C=O) groups is 1. The number of non-ortho nitro benzene ring substituents is 1. The van der Waals surface area contributed by atoms with Gasteiger partial charge in [0.2, 0.25) is 5.71 Å². The summed E-state index contributed by atoms with van der Waals surface area (Å²) >= 11 is 0. The van der Waals surface area contributed by atoms with Gasteiger partial charge in [-0.05, 0) is 30.3 Å². The van der Waals surface area contributed by atoms with E-state index in [0.29, 0.717) is 39.1 Å². The number of aromatic nitrogens is 2. The highest BCUT2D eigenvalue weighted by Crippen LogP contribution is 2.33. The van der Waals surface area contributed by atoms with Crippen molar-refractivity contribution in [2.24, 2.45) is 0 Å². The van der Waals surface area contributed by atoms with E-state index in [1.165, 1.54) is 25.6 Å². The monoisotopic (exact) mass is 364 g/mol. The fourth-order valence-electron chi connectivity index (χ4n) is 2.75. The molecule has 0 aliphatic heterocycles. The number of hydrogen-bond acceptors (Lipinski definition) is 8. The molecule has 2 heterocycles. The van der Waals surface area contributed by atoms with E-state index in [0.717, 1.165) is 0 Å². The lowest BCUT2D eigenvalue weighted by Gasteiger charge is -2.06. The number of nitro benzene ring substituents is 1. The molecule has 0 atom stereocenters. The lowest BCUT2D eigenvalue weighted by Crippen LogP contribution is -2.00. The first kappa shape index (κ1) is 16.5. The number of esters is 1. The van der Waals surface area contributed by atoms with E-state index in [2.05, 4.69) is 15.3 Å². The molecule has 0 saturated heterocycles. The number of nitrogens with one attached hydrogen (secondary N) is 1. The van der Waals surface area contributed by atoms with E-state index >= 15 is 0 Å². The quantitative estimate of drug-likeness (QED) is 0.330. The minimum atomic E-state index is -0.468. The number of rotatable bonds is 4. The van der Waals surface area contributed by atoms with Crippen molar-refractivity contribution in [2.75, 3.05) is 12.4 Å². The van der Waals surface area contributed by atoms with Crippen molar-refractivity contribution in [3.63, 3.8) is 0 Å². The Labute approximate surface area is 151 Å². The van der Waals surface area contributed by atoms with E-state index in [1.54, 1.807) is 30.3 Å². The molecule has 0 spiro atoms. The van der Waals surface area contributed by atoms with Crippen molar-refractivity contribution in [1.29, 1.82) is 0 Å². The van der Waals surface area contributed by atoms with Crippen LogP contribution in [0.2, 0.25) is 0 Å². The zero-order valence-corrected chi connectivity index (χ0v) is 14.0. The number of fused-ring (bicyclic) bond motifs is 3. The Hall–Kier alpha value is -4.01. The van der Waals surface area contributed by atoms with Gasteiger partial charge in [0, 0.05) is 23.2 Å². The van der Waals surface area contributed by atoms with Gasteiger partial charge in [0.25, 0.3) is 5.69 Å². The first-order chi connectivity index (χ1) is 13.1. The minimum Gasteiger partial charge on any atom is -0.465 e. The molecule has 9 heteroatoms. The van der Waals surface area contributed by atoms with Gasteiger partial charge in [-0.25, -0.2) is 14.8 Å². The van der Waals surface area contributed by atoms with Gasteiger partial charge in [-0.15, -0.1) is 0 Å². The van der Waals surface area contributed by atoms with Crippen LogP contribution in [-0.4, -0.2) is 28.0 Å². The van der Waals surface area contributed by atoms with Crippen LogP contribution in [0.3, 0.4) is 0 Å². The predicted molar refractivity (Wildman–Crippen MR) is 97.0 cm³/mol. The van der Waals surface area contributed by atoms with Crippen LogP contribution in [0.15, 0.2) is 53.2 Å². The summed E-state index contributed by atoms with van der Waals surface area (Å²) in [5.41, 5.74) is 1.87. The highest BCUT2D eigenvalue weighted by atomic mass is 16.6. The predicted octanol–water partition coefficient (Wildman–Crippen LogP) is 3.81. The summed E-state index contributed by atoms with van der Waals surface area (Å²) in [6.07, 6.45) is 1.35. The molecule has 1 N–H and O–H groups in total. The van der Waals surface area contributed by atoms with Crippen LogP contribution >= 0.6 is 0 Å². The van der Waals surface area contributed by atoms with Crippen LogP contribution < -0.4 is 5.32 Å². The van der Waals surface area contributed by atoms with Crippen LogP contribution in [-0.2, 0) is 4.74 Å². The number of anilines is 2. The zero-order valence-electron chi connectivity index (χ0n) is 14.0. The second-order valence-electron chi connectivity index (χ2n) is 5.64. The number of ether oxygens (including phenoxy) is 1. The lowest BCUT2D eigenvalue weighted by molar-refractivity contribution is -0.384. The van der Waals surface area contributed by atoms with Crippen molar-refractivity contribution < 1.29 is 18.9 Å². The third-order valence-corrected chi connectivity index (χ3v) is 4.03. The van der Waals surface area contributed by atoms with E-state index < -0.39 is 10.9 Å². The van der Waals surface area contributed by atoms with E-state index in [-0.39, 0.29) is 5.69 Å². The molecular formula is C18H12N4O5. The highest BCUT2D eigenvalue weighted by Gasteiger charge is 2.16. The van der Waals surface area contributed by atoms with Gasteiger partial charge < -0.3 is 14.5 Å². The largest absolute Gasteiger partial charge is 0.465 e. The number of furan rings is 1. The molecule has 0 unspecified atom stereocenters. The standard InChI is InChI=1S/C18H12N4O5/c1-26-18(23)10-2-7-14-13(8-10)15-16(19-9-20-17(15)27-14)21-11-3-5-12(6-4-11)22(24)25/h2-9H,1H3,(H,19,20,21). The zero-order chi connectivity index (χ0) is 19.0. The molecule has 0 radical (unpaired) electrons. The first-order valence-corrected chi connectivity index (χ1v) is 7.84. The van der Waals surface area contributed by atoms with Gasteiger partial charge in [0.05, 0.1) is 23.0 Å². The van der Waals surface area contributed by atoms with Crippen molar-refractivity contribution in [2.45, 2.75) is 0 Å². The molecule has 0 aliphatic carbocycles. The summed E-state index contributed by atoms with van der Waals surface area (Å²) in [6, 6.07) is 10.9. The molecule has 2 aromatic heterocycles.